The summed E-state index contributed by atoms with van der Waals surface area (Å²) in [4.78, 5) is 33.4. The highest BCUT2D eigenvalue weighted by Crippen LogP contribution is 2.38. The highest BCUT2D eigenvalue weighted by molar-refractivity contribution is 6.31. The van der Waals surface area contributed by atoms with Gasteiger partial charge in [0.05, 0.1) is 32.1 Å². The Kier molecular flexibility index (Phi) is 11.6. The first-order valence-corrected chi connectivity index (χ1v) is 16.6. The highest BCUT2D eigenvalue weighted by Gasteiger charge is 2.46. The fourth-order valence-corrected chi connectivity index (χ4v) is 6.19. The molecule has 2 aliphatic rings. The summed E-state index contributed by atoms with van der Waals surface area (Å²) in [6.45, 7) is 7.95. The van der Waals surface area contributed by atoms with Crippen LogP contribution in [-0.4, -0.2) is 82.8 Å². The molecule has 10 nitrogen and oxygen atoms in total. The predicted molar refractivity (Wildman–Crippen MR) is 183 cm³/mol. The van der Waals surface area contributed by atoms with Gasteiger partial charge < -0.3 is 19.9 Å². The summed E-state index contributed by atoms with van der Waals surface area (Å²) < 4.78 is 80.7. The van der Waals surface area contributed by atoms with E-state index in [2.05, 4.69) is 15.2 Å². The monoisotopic (exact) mass is 749 g/mol. The predicted octanol–water partition coefficient (Wildman–Crippen LogP) is 6.98. The molecule has 52 heavy (non-hydrogen) atoms. The van der Waals surface area contributed by atoms with Crippen LogP contribution in [0.15, 0.2) is 72.3 Å². The number of likely N-dealkylation sites (N-methyl/N-ethyl adjacent to an activating group) is 1. The molecule has 2 amide bonds. The second-order valence-corrected chi connectivity index (χ2v) is 13.7. The highest BCUT2D eigenvalue weighted by atomic mass is 35.5. The number of morpholine rings is 1. The molecule has 16 heteroatoms. The van der Waals surface area contributed by atoms with E-state index < -0.39 is 64.7 Å². The molecule has 278 valence electrons. The number of anilines is 1. The van der Waals surface area contributed by atoms with Gasteiger partial charge in [-0.15, -0.1) is 0 Å². The second-order valence-electron chi connectivity index (χ2n) is 13.3. The van der Waals surface area contributed by atoms with Gasteiger partial charge in [0, 0.05) is 60.3 Å². The van der Waals surface area contributed by atoms with Gasteiger partial charge in [-0.3, -0.25) is 24.5 Å². The van der Waals surface area contributed by atoms with E-state index in [4.69, 9.17) is 21.1 Å². The van der Waals surface area contributed by atoms with Crippen LogP contribution >= 0.6 is 11.6 Å². The van der Waals surface area contributed by atoms with E-state index in [1.54, 1.807) is 26.8 Å². The number of hydrogen-bond donors (Lipinski definition) is 2. The Balaban J connectivity index is 1.40. The number of alkyl halides is 3. The lowest BCUT2D eigenvalue weighted by Crippen LogP contribution is -2.59. The smallest absolute Gasteiger partial charge is 0.433 e. The molecule has 1 saturated heterocycles. The van der Waals surface area contributed by atoms with Crippen molar-refractivity contribution in [3.05, 3.63) is 100 Å². The second kappa shape index (κ2) is 15.6. The number of aliphatic hydroxyl groups excluding tert-OH is 1. The lowest BCUT2D eigenvalue weighted by molar-refractivity contribution is -0.158. The fraction of sp³-hybridized carbons (Fsp3) is 0.361. The van der Waals surface area contributed by atoms with Crippen LogP contribution in [0.25, 0.3) is 11.1 Å². The normalized spacial score (nSPS) is 18.0. The van der Waals surface area contributed by atoms with Crippen molar-refractivity contribution in [2.24, 2.45) is 5.41 Å². The summed E-state index contributed by atoms with van der Waals surface area (Å²) in [5.41, 5.74) is -2.42. The van der Waals surface area contributed by atoms with Crippen LogP contribution in [0.1, 0.15) is 32.0 Å². The molecule has 3 aromatic rings. The summed E-state index contributed by atoms with van der Waals surface area (Å²) in [5, 5.41) is 16.5. The third-order valence-corrected chi connectivity index (χ3v) is 8.80. The number of carbonyl (C=O) groups is 2. The Morgan fingerprint density at radius 3 is 2.44 bits per heavy atom. The first-order chi connectivity index (χ1) is 24.5. The molecule has 2 aliphatic heterocycles. The molecule has 2 aromatic carbocycles. The van der Waals surface area contributed by atoms with E-state index in [1.165, 1.54) is 48.7 Å². The number of benzene rings is 2. The summed E-state index contributed by atoms with van der Waals surface area (Å²) in [6, 6.07) is 7.60. The molecule has 0 aliphatic carbocycles. The topological polar surface area (TPSA) is 107 Å². The van der Waals surface area contributed by atoms with Gasteiger partial charge in [-0.25, -0.2) is 9.40 Å². The molecular weight excluding hydrogens is 713 g/mol. The number of hydrazine groups is 1. The Morgan fingerprint density at radius 1 is 1.10 bits per heavy atom. The summed E-state index contributed by atoms with van der Waals surface area (Å²) in [6.07, 6.45) is -0.779. The van der Waals surface area contributed by atoms with E-state index in [0.29, 0.717) is 19.8 Å². The third kappa shape index (κ3) is 8.55. The number of ether oxygens (including phenoxy) is 2. The maximum absolute atomic E-state index is 15.5. The van der Waals surface area contributed by atoms with Crippen molar-refractivity contribution < 1.29 is 46.1 Å². The minimum Gasteiger partial charge on any atom is -0.509 e. The molecule has 1 atom stereocenters. The first-order valence-electron chi connectivity index (χ1n) is 16.2. The Hall–Kier alpha value is -4.57. The van der Waals surface area contributed by atoms with Crippen molar-refractivity contribution in [1.82, 2.24) is 19.9 Å². The number of aliphatic hydroxyl groups is 1. The SMILES string of the molecule is CN1C(C(C)(C)C)C(O)=C(C(=O)Nc2ccc(Cl)cc2-c2ccc(C(F)(F)F)nc2)C(=O)N1Cc1ccc(O/C=C/CN2CCOCC2)c(F)c1F. The number of nitrogens with one attached hydrogen (secondary N) is 1. The van der Waals surface area contributed by atoms with Crippen LogP contribution in [0.3, 0.4) is 0 Å². The minimum atomic E-state index is -4.68. The molecule has 0 saturated carbocycles. The molecule has 2 N–H and O–H groups in total. The number of hydrogen-bond acceptors (Lipinski definition) is 8. The van der Waals surface area contributed by atoms with Crippen molar-refractivity contribution >= 4 is 29.1 Å². The zero-order valence-corrected chi connectivity index (χ0v) is 29.5. The Morgan fingerprint density at radius 2 is 1.81 bits per heavy atom. The van der Waals surface area contributed by atoms with Gasteiger partial charge in [0.25, 0.3) is 11.8 Å². The Labute approximate surface area is 302 Å². The van der Waals surface area contributed by atoms with Gasteiger partial charge in [0.2, 0.25) is 5.82 Å². The lowest BCUT2D eigenvalue weighted by Gasteiger charge is -2.46. The van der Waals surface area contributed by atoms with Gasteiger partial charge in [0.1, 0.15) is 17.0 Å². The van der Waals surface area contributed by atoms with Crippen LogP contribution in [0.4, 0.5) is 27.6 Å². The molecule has 5 rings (SSSR count). The molecule has 0 radical (unpaired) electrons. The van der Waals surface area contributed by atoms with E-state index in [-0.39, 0.29) is 33.1 Å². The van der Waals surface area contributed by atoms with Crippen molar-refractivity contribution in [3.8, 4) is 16.9 Å². The minimum absolute atomic E-state index is 0.0459. The first kappa shape index (κ1) is 38.7. The third-order valence-electron chi connectivity index (χ3n) is 8.57. The fourth-order valence-electron chi connectivity index (χ4n) is 6.02. The molecule has 1 fully saturated rings. The van der Waals surface area contributed by atoms with E-state index in [0.717, 1.165) is 36.4 Å². The van der Waals surface area contributed by atoms with Gasteiger partial charge in [-0.1, -0.05) is 44.5 Å². The summed E-state index contributed by atoms with van der Waals surface area (Å²) >= 11 is 6.18. The van der Waals surface area contributed by atoms with Crippen LogP contribution in [0.2, 0.25) is 5.02 Å². The van der Waals surface area contributed by atoms with E-state index >= 15 is 8.78 Å². The molecule has 1 unspecified atom stereocenters. The van der Waals surface area contributed by atoms with Crippen molar-refractivity contribution in [2.75, 3.05) is 45.2 Å². The molecular formula is C36H37ClF5N5O5. The zero-order valence-electron chi connectivity index (χ0n) is 28.7. The molecule has 1 aromatic heterocycles. The lowest BCUT2D eigenvalue weighted by atomic mass is 9.82. The standard InChI is InChI=1S/C36H37ClF5N5O5/c1-35(2,3)32-31(48)28(33(49)44-25-9-8-23(37)18-24(25)21-7-11-27(43-19-21)36(40,41)42)34(50)47(45(32)4)20-22-6-10-26(30(39)29(22)38)52-15-5-12-46-13-16-51-17-14-46/h5-11,15,18-19,32,48H,12-14,16-17,20H2,1-4H3,(H,44,49)/b15-5+. The number of aromatic nitrogens is 1. The molecule has 0 bridgehead atoms. The zero-order chi connectivity index (χ0) is 38.0. The Bertz CT molecular complexity index is 1870. The summed E-state index contributed by atoms with van der Waals surface area (Å²) in [5.74, 6) is -5.57. The van der Waals surface area contributed by atoms with Crippen molar-refractivity contribution in [2.45, 2.75) is 39.5 Å². The summed E-state index contributed by atoms with van der Waals surface area (Å²) in [7, 11) is 1.47. The van der Waals surface area contributed by atoms with E-state index in [1.807, 2.05) is 0 Å². The number of halogens is 6. The van der Waals surface area contributed by atoms with E-state index in [9.17, 15) is 27.9 Å². The average Bonchev–Trinajstić information content (AvgIpc) is 3.08. The molecule has 3 heterocycles. The van der Waals surface area contributed by atoms with Crippen LogP contribution < -0.4 is 10.1 Å². The maximum Gasteiger partial charge on any atom is 0.433 e. The van der Waals surface area contributed by atoms with Gasteiger partial charge in [-0.05, 0) is 41.8 Å². The van der Waals surface area contributed by atoms with Crippen LogP contribution in [0.5, 0.6) is 5.75 Å². The number of pyridine rings is 1. The van der Waals surface area contributed by atoms with Gasteiger partial charge in [0.15, 0.2) is 11.6 Å². The maximum atomic E-state index is 15.5. The van der Waals surface area contributed by atoms with Crippen molar-refractivity contribution in [1.29, 1.82) is 0 Å². The van der Waals surface area contributed by atoms with Crippen LogP contribution in [-0.2, 0) is 27.0 Å². The number of amides is 2. The van der Waals surface area contributed by atoms with Crippen LogP contribution in [0, 0.1) is 17.0 Å². The number of nitrogens with zero attached hydrogens (tertiary/aromatic N) is 4. The largest absolute Gasteiger partial charge is 0.509 e. The van der Waals surface area contributed by atoms with Gasteiger partial charge >= 0.3 is 6.18 Å². The quantitative estimate of drug-likeness (QED) is 0.137. The number of rotatable bonds is 9. The van der Waals surface area contributed by atoms with Gasteiger partial charge in [-0.2, -0.15) is 17.6 Å². The number of carbonyl (C=O) groups excluding carboxylic acids is 2. The molecule has 0 spiro atoms. The average molecular weight is 750 g/mol. The van der Waals surface area contributed by atoms with Crippen molar-refractivity contribution in [3.63, 3.8) is 0 Å².